The number of nitrogens with one attached hydrogen (secondary N) is 1. The molecule has 0 atom stereocenters. The van der Waals surface area contributed by atoms with E-state index in [1.807, 2.05) is 12.1 Å². The molecule has 2 aromatic carbocycles. The smallest absolute Gasteiger partial charge is 0.260 e. The van der Waals surface area contributed by atoms with Crippen LogP contribution in [0.2, 0.25) is 0 Å². The third-order valence-corrected chi connectivity index (χ3v) is 8.93. The summed E-state index contributed by atoms with van der Waals surface area (Å²) in [5.74, 6) is 1.41. The molecule has 1 amide bonds. The van der Waals surface area contributed by atoms with Gasteiger partial charge in [0, 0.05) is 5.56 Å². The normalized spacial score (nSPS) is 27.8. The van der Waals surface area contributed by atoms with Gasteiger partial charge in [-0.3, -0.25) is 9.10 Å². The van der Waals surface area contributed by atoms with Gasteiger partial charge < -0.3 is 0 Å². The van der Waals surface area contributed by atoms with Gasteiger partial charge in [-0.25, -0.2) is 18.2 Å². The van der Waals surface area contributed by atoms with E-state index < -0.39 is 28.3 Å². The molecule has 34 heavy (non-hydrogen) atoms. The zero-order valence-electron chi connectivity index (χ0n) is 19.3. The van der Waals surface area contributed by atoms with Crippen molar-refractivity contribution in [2.45, 2.75) is 43.9 Å². The van der Waals surface area contributed by atoms with E-state index in [1.165, 1.54) is 62.4 Å². The summed E-state index contributed by atoms with van der Waals surface area (Å²) >= 11 is 0. The topological polar surface area (TPSA) is 78.8 Å². The van der Waals surface area contributed by atoms with E-state index in [0.717, 1.165) is 28.3 Å². The number of anilines is 1. The number of carbonyl (C=O) groups is 1. The van der Waals surface area contributed by atoms with Crippen molar-refractivity contribution < 1.29 is 17.6 Å². The van der Waals surface area contributed by atoms with E-state index in [4.69, 9.17) is 0 Å². The molecule has 4 aliphatic rings. The van der Waals surface area contributed by atoms with Gasteiger partial charge in [-0.2, -0.15) is 5.10 Å². The van der Waals surface area contributed by atoms with Gasteiger partial charge in [0.2, 0.25) is 10.0 Å². The van der Waals surface area contributed by atoms with Crippen LogP contribution in [0.15, 0.2) is 53.6 Å². The number of amides is 1. The molecule has 8 heteroatoms. The van der Waals surface area contributed by atoms with Gasteiger partial charge in [-0.05, 0) is 85.5 Å². The number of benzene rings is 2. The Morgan fingerprint density at radius 2 is 1.65 bits per heavy atom. The first-order chi connectivity index (χ1) is 16.2. The summed E-state index contributed by atoms with van der Waals surface area (Å²) in [5.41, 5.74) is 4.48. The Kier molecular flexibility index (Phi) is 5.96. The second-order valence-electron chi connectivity index (χ2n) is 10.3. The van der Waals surface area contributed by atoms with Crippen molar-refractivity contribution in [3.05, 3.63) is 65.5 Å². The fourth-order valence-corrected chi connectivity index (χ4v) is 7.62. The monoisotopic (exact) mass is 483 g/mol. The van der Waals surface area contributed by atoms with Crippen LogP contribution < -0.4 is 9.73 Å². The van der Waals surface area contributed by atoms with Crippen LogP contribution in [0, 0.1) is 23.6 Å². The summed E-state index contributed by atoms with van der Waals surface area (Å²) in [6.45, 7) is -0.413. The highest BCUT2D eigenvalue weighted by Gasteiger charge is 2.51. The fourth-order valence-electron chi connectivity index (χ4n) is 6.76. The lowest BCUT2D eigenvalue weighted by Crippen LogP contribution is -2.48. The van der Waals surface area contributed by atoms with Gasteiger partial charge in [0.25, 0.3) is 5.91 Å². The highest BCUT2D eigenvalue weighted by atomic mass is 32.2. The number of hydrogen-bond donors (Lipinski definition) is 1. The first-order valence-electron chi connectivity index (χ1n) is 11.9. The Labute approximate surface area is 200 Å². The summed E-state index contributed by atoms with van der Waals surface area (Å²) in [7, 11) is -3.69. The summed E-state index contributed by atoms with van der Waals surface area (Å²) in [6, 6.07) is 13.8. The van der Waals surface area contributed by atoms with Gasteiger partial charge in [0.05, 0.1) is 18.2 Å². The second kappa shape index (κ2) is 8.80. The number of hydrazone groups is 1. The Balaban J connectivity index is 1.29. The minimum Gasteiger partial charge on any atom is -0.271 e. The average molecular weight is 484 g/mol. The summed E-state index contributed by atoms with van der Waals surface area (Å²) < 4.78 is 39.7. The van der Waals surface area contributed by atoms with Crippen LogP contribution in [0.25, 0.3) is 0 Å². The van der Waals surface area contributed by atoms with Gasteiger partial charge in [-0.1, -0.05) is 30.3 Å². The van der Waals surface area contributed by atoms with Crippen LogP contribution in [-0.2, 0) is 20.2 Å². The first kappa shape index (κ1) is 23.0. The standard InChI is InChI=1S/C26H30FN3O3S/c1-34(32,33)30(17-25(31)29-28-16-21-4-2-3-5-24(21)27)23-8-6-22(7-9-23)26-13-18-10-19(14-26)12-20(11-18)15-26/h2-9,16,18-20H,10-15,17H2,1H3,(H,29,31)/b28-16-. The van der Waals surface area contributed by atoms with Crippen molar-refractivity contribution in [2.75, 3.05) is 17.1 Å². The van der Waals surface area contributed by atoms with Crippen molar-refractivity contribution in [2.24, 2.45) is 22.9 Å². The molecule has 6 nitrogen and oxygen atoms in total. The molecule has 0 aromatic heterocycles. The highest BCUT2D eigenvalue weighted by Crippen LogP contribution is 2.60. The first-order valence-corrected chi connectivity index (χ1v) is 13.7. The molecule has 0 radical (unpaired) electrons. The van der Waals surface area contributed by atoms with Gasteiger partial charge in [-0.15, -0.1) is 0 Å². The van der Waals surface area contributed by atoms with Crippen LogP contribution in [0.3, 0.4) is 0 Å². The van der Waals surface area contributed by atoms with E-state index in [9.17, 15) is 17.6 Å². The molecule has 180 valence electrons. The Morgan fingerprint density at radius 3 is 2.21 bits per heavy atom. The van der Waals surface area contributed by atoms with Crippen molar-refractivity contribution in [3.8, 4) is 0 Å². The predicted molar refractivity (Wildman–Crippen MR) is 131 cm³/mol. The summed E-state index contributed by atoms with van der Waals surface area (Å²) in [4.78, 5) is 12.4. The lowest BCUT2D eigenvalue weighted by Gasteiger charge is -2.57. The average Bonchev–Trinajstić information content (AvgIpc) is 2.77. The molecule has 0 spiro atoms. The molecule has 6 rings (SSSR count). The summed E-state index contributed by atoms with van der Waals surface area (Å²) in [5, 5.41) is 3.77. The Morgan fingerprint density at radius 1 is 1.06 bits per heavy atom. The van der Waals surface area contributed by atoms with Crippen molar-refractivity contribution in [1.82, 2.24) is 5.43 Å². The summed E-state index contributed by atoms with van der Waals surface area (Å²) in [6.07, 6.45) is 10.1. The molecule has 4 fully saturated rings. The fraction of sp³-hybridized carbons (Fsp3) is 0.462. The largest absolute Gasteiger partial charge is 0.271 e. The molecule has 4 saturated carbocycles. The van der Waals surface area contributed by atoms with Crippen LogP contribution in [0.4, 0.5) is 10.1 Å². The van der Waals surface area contributed by atoms with E-state index in [2.05, 4.69) is 22.7 Å². The Hall–Kier alpha value is -2.74. The van der Waals surface area contributed by atoms with Crippen molar-refractivity contribution in [3.63, 3.8) is 0 Å². The number of sulfonamides is 1. The molecule has 1 N–H and O–H groups in total. The van der Waals surface area contributed by atoms with Crippen molar-refractivity contribution >= 4 is 27.8 Å². The predicted octanol–water partition coefficient (Wildman–Crippen LogP) is 4.21. The lowest BCUT2D eigenvalue weighted by atomic mass is 9.48. The van der Waals surface area contributed by atoms with Crippen LogP contribution in [-0.4, -0.2) is 33.3 Å². The molecule has 0 saturated heterocycles. The van der Waals surface area contributed by atoms with Crippen molar-refractivity contribution in [1.29, 1.82) is 0 Å². The number of halogens is 1. The maximum absolute atomic E-state index is 13.7. The van der Waals surface area contributed by atoms with Crippen LogP contribution >= 0.6 is 0 Å². The molecule has 4 bridgehead atoms. The van der Waals surface area contributed by atoms with E-state index in [-0.39, 0.29) is 11.0 Å². The number of carbonyl (C=O) groups excluding carboxylic acids is 1. The second-order valence-corrected chi connectivity index (χ2v) is 12.2. The zero-order valence-corrected chi connectivity index (χ0v) is 20.1. The molecule has 0 unspecified atom stereocenters. The molecular formula is C26H30FN3O3S. The van der Waals surface area contributed by atoms with Gasteiger partial charge in [0.1, 0.15) is 12.4 Å². The minimum atomic E-state index is -3.69. The minimum absolute atomic E-state index is 0.224. The molecule has 0 aliphatic heterocycles. The Bertz CT molecular complexity index is 1170. The number of hydrogen-bond acceptors (Lipinski definition) is 4. The van der Waals surface area contributed by atoms with Crippen LogP contribution in [0.5, 0.6) is 0 Å². The maximum Gasteiger partial charge on any atom is 0.260 e. The zero-order chi connectivity index (χ0) is 23.9. The maximum atomic E-state index is 13.7. The molecule has 0 heterocycles. The quantitative estimate of drug-likeness (QED) is 0.473. The van der Waals surface area contributed by atoms with Gasteiger partial charge in [0.15, 0.2) is 0 Å². The van der Waals surface area contributed by atoms with E-state index in [0.29, 0.717) is 5.69 Å². The number of nitrogens with zero attached hydrogens (tertiary/aromatic N) is 2. The SMILES string of the molecule is CS(=O)(=O)N(CC(=O)N/N=C\c1ccccc1F)c1ccc(C23CC4CC(CC(C4)C2)C3)cc1. The lowest BCUT2D eigenvalue weighted by molar-refractivity contribution is -0.119. The van der Waals surface area contributed by atoms with E-state index >= 15 is 0 Å². The highest BCUT2D eigenvalue weighted by molar-refractivity contribution is 7.92. The van der Waals surface area contributed by atoms with Gasteiger partial charge >= 0.3 is 0 Å². The van der Waals surface area contributed by atoms with Crippen LogP contribution in [0.1, 0.15) is 49.7 Å². The third-order valence-electron chi connectivity index (χ3n) is 7.79. The van der Waals surface area contributed by atoms with E-state index in [1.54, 1.807) is 12.1 Å². The third kappa shape index (κ3) is 4.60. The molecule has 2 aromatic rings. The molecule has 4 aliphatic carbocycles. The number of rotatable bonds is 7. The molecular weight excluding hydrogens is 453 g/mol.